The Bertz CT molecular complexity index is 903. The van der Waals surface area contributed by atoms with Crippen LogP contribution in [0.4, 0.5) is 0 Å². The summed E-state index contributed by atoms with van der Waals surface area (Å²) in [6, 6.07) is 8.78. The molecule has 0 bridgehead atoms. The molecule has 0 unspecified atom stereocenters. The van der Waals surface area contributed by atoms with Crippen LogP contribution < -0.4 is 0 Å². The molecule has 6 nitrogen and oxygen atoms in total. The lowest BCUT2D eigenvalue weighted by atomic mass is 9.95. The second kappa shape index (κ2) is 8.27. The average molecular weight is 379 g/mol. The molecule has 1 aromatic carbocycles. The first-order chi connectivity index (χ1) is 13.6. The van der Waals surface area contributed by atoms with Crippen LogP contribution in [0.3, 0.4) is 0 Å². The quantitative estimate of drug-likeness (QED) is 0.658. The Hall–Kier alpha value is -2.47. The van der Waals surface area contributed by atoms with Gasteiger partial charge in [0.15, 0.2) is 5.82 Å². The number of rotatable bonds is 6. The fourth-order valence-electron chi connectivity index (χ4n) is 4.16. The summed E-state index contributed by atoms with van der Waals surface area (Å²) in [6.45, 7) is 11.4. The molecule has 0 saturated carbocycles. The van der Waals surface area contributed by atoms with E-state index in [1.165, 1.54) is 16.7 Å². The van der Waals surface area contributed by atoms with Gasteiger partial charge in [-0.3, -0.25) is 9.58 Å². The summed E-state index contributed by atoms with van der Waals surface area (Å²) in [7, 11) is 0. The van der Waals surface area contributed by atoms with E-state index in [1.54, 1.807) is 6.20 Å². The van der Waals surface area contributed by atoms with Crippen LogP contribution in [-0.2, 0) is 19.6 Å². The first kappa shape index (κ1) is 18.9. The summed E-state index contributed by atoms with van der Waals surface area (Å²) >= 11 is 0. The average Bonchev–Trinajstić information content (AvgIpc) is 3.35. The Kier molecular flexibility index (Phi) is 5.57. The highest BCUT2D eigenvalue weighted by atomic mass is 15.3. The van der Waals surface area contributed by atoms with Gasteiger partial charge in [0.05, 0.1) is 0 Å². The minimum atomic E-state index is 0.495. The lowest BCUT2D eigenvalue weighted by Gasteiger charge is -2.31. The highest BCUT2D eigenvalue weighted by Gasteiger charge is 2.26. The van der Waals surface area contributed by atoms with Crippen LogP contribution in [0.15, 0.2) is 36.7 Å². The van der Waals surface area contributed by atoms with Crippen molar-refractivity contribution in [1.29, 1.82) is 0 Å². The summed E-state index contributed by atoms with van der Waals surface area (Å²) < 4.78 is 4.19. The Morgan fingerprint density at radius 3 is 2.54 bits per heavy atom. The number of aryl methyl sites for hydroxylation is 2. The molecule has 6 heteroatoms. The SMILES string of the molecule is CCn1c(Cn2cccn2)nnc1C1CCN(Cc2ccc(C)c(C)c2)CC1. The predicted octanol–water partition coefficient (Wildman–Crippen LogP) is 3.54. The van der Waals surface area contributed by atoms with Gasteiger partial charge in [0.1, 0.15) is 12.4 Å². The van der Waals surface area contributed by atoms with E-state index in [9.17, 15) is 0 Å². The number of hydrogen-bond donors (Lipinski definition) is 0. The molecule has 1 fully saturated rings. The van der Waals surface area contributed by atoms with E-state index in [0.29, 0.717) is 12.5 Å². The molecular formula is C22H30N6. The predicted molar refractivity (Wildman–Crippen MR) is 110 cm³/mol. The van der Waals surface area contributed by atoms with E-state index in [4.69, 9.17) is 0 Å². The van der Waals surface area contributed by atoms with Crippen molar-refractivity contribution in [2.45, 2.75) is 59.2 Å². The molecule has 0 radical (unpaired) electrons. The fraction of sp³-hybridized carbons (Fsp3) is 0.500. The third-order valence-electron chi connectivity index (χ3n) is 5.97. The van der Waals surface area contributed by atoms with Crippen molar-refractivity contribution < 1.29 is 0 Å². The van der Waals surface area contributed by atoms with Crippen LogP contribution in [0.2, 0.25) is 0 Å². The van der Waals surface area contributed by atoms with Crippen LogP contribution in [-0.4, -0.2) is 42.5 Å². The molecule has 3 aromatic rings. The van der Waals surface area contributed by atoms with Gasteiger partial charge in [-0.15, -0.1) is 10.2 Å². The van der Waals surface area contributed by atoms with Gasteiger partial charge in [-0.2, -0.15) is 5.10 Å². The van der Waals surface area contributed by atoms with E-state index in [0.717, 1.165) is 50.7 Å². The van der Waals surface area contributed by atoms with Crippen molar-refractivity contribution in [2.24, 2.45) is 0 Å². The van der Waals surface area contributed by atoms with Gasteiger partial charge in [0.25, 0.3) is 0 Å². The van der Waals surface area contributed by atoms with Crippen molar-refractivity contribution in [2.75, 3.05) is 13.1 Å². The molecule has 0 amide bonds. The lowest BCUT2D eigenvalue weighted by molar-refractivity contribution is 0.200. The Morgan fingerprint density at radius 2 is 1.86 bits per heavy atom. The zero-order valence-corrected chi connectivity index (χ0v) is 17.2. The van der Waals surface area contributed by atoms with Crippen molar-refractivity contribution in [1.82, 2.24) is 29.4 Å². The standard InChI is InChI=1S/C22H30N6/c1-4-28-21(16-27-11-5-10-23-27)24-25-22(28)20-8-12-26(13-9-20)15-19-7-6-17(2)18(3)14-19/h5-7,10-11,14,20H,4,8-9,12-13,15-16H2,1-3H3. The second-order valence-electron chi connectivity index (χ2n) is 7.89. The molecule has 0 N–H and O–H groups in total. The maximum atomic E-state index is 4.57. The summed E-state index contributed by atoms with van der Waals surface area (Å²) in [5.74, 6) is 2.64. The highest BCUT2D eigenvalue weighted by molar-refractivity contribution is 5.29. The number of benzene rings is 1. The molecule has 1 aliphatic heterocycles. The van der Waals surface area contributed by atoms with Crippen LogP contribution in [0.1, 0.15) is 54.0 Å². The molecule has 1 aliphatic rings. The van der Waals surface area contributed by atoms with Crippen molar-refractivity contribution in [3.8, 4) is 0 Å². The zero-order chi connectivity index (χ0) is 19.5. The summed E-state index contributed by atoms with van der Waals surface area (Å²) in [5, 5.41) is 13.4. The zero-order valence-electron chi connectivity index (χ0n) is 17.2. The monoisotopic (exact) mass is 378 g/mol. The number of hydrogen-bond acceptors (Lipinski definition) is 4. The van der Waals surface area contributed by atoms with E-state index in [-0.39, 0.29) is 0 Å². The van der Waals surface area contributed by atoms with Crippen LogP contribution in [0.25, 0.3) is 0 Å². The molecule has 0 aliphatic carbocycles. The minimum Gasteiger partial charge on any atom is -0.313 e. The van der Waals surface area contributed by atoms with E-state index in [1.807, 2.05) is 16.9 Å². The molecule has 4 rings (SSSR count). The Labute approximate surface area is 167 Å². The van der Waals surface area contributed by atoms with Crippen LogP contribution in [0, 0.1) is 13.8 Å². The smallest absolute Gasteiger partial charge is 0.154 e. The van der Waals surface area contributed by atoms with Crippen molar-refractivity contribution in [3.63, 3.8) is 0 Å². The van der Waals surface area contributed by atoms with Crippen LogP contribution in [0.5, 0.6) is 0 Å². The largest absolute Gasteiger partial charge is 0.313 e. The van der Waals surface area contributed by atoms with Gasteiger partial charge in [-0.25, -0.2) is 0 Å². The number of aromatic nitrogens is 5. The topological polar surface area (TPSA) is 51.8 Å². The maximum absolute atomic E-state index is 4.57. The second-order valence-corrected chi connectivity index (χ2v) is 7.89. The van der Waals surface area contributed by atoms with E-state index < -0.39 is 0 Å². The third-order valence-corrected chi connectivity index (χ3v) is 5.97. The van der Waals surface area contributed by atoms with Crippen molar-refractivity contribution >= 4 is 0 Å². The van der Waals surface area contributed by atoms with Gasteiger partial charge in [-0.05, 0) is 69.5 Å². The van der Waals surface area contributed by atoms with Crippen molar-refractivity contribution in [3.05, 3.63) is 65.0 Å². The fourth-order valence-corrected chi connectivity index (χ4v) is 4.16. The lowest BCUT2D eigenvalue weighted by Crippen LogP contribution is -2.33. The maximum Gasteiger partial charge on any atom is 0.154 e. The molecule has 0 atom stereocenters. The molecule has 0 spiro atoms. The summed E-state index contributed by atoms with van der Waals surface area (Å²) in [4.78, 5) is 2.57. The van der Waals surface area contributed by atoms with E-state index in [2.05, 4.69) is 63.7 Å². The number of piperidine rings is 1. The van der Waals surface area contributed by atoms with Gasteiger partial charge < -0.3 is 4.57 Å². The molecular weight excluding hydrogens is 348 g/mol. The Balaban J connectivity index is 1.39. The highest BCUT2D eigenvalue weighted by Crippen LogP contribution is 2.28. The van der Waals surface area contributed by atoms with E-state index >= 15 is 0 Å². The molecule has 148 valence electrons. The van der Waals surface area contributed by atoms with Crippen LogP contribution >= 0.6 is 0 Å². The third kappa shape index (κ3) is 4.02. The number of likely N-dealkylation sites (tertiary alicyclic amines) is 1. The first-order valence-corrected chi connectivity index (χ1v) is 10.3. The minimum absolute atomic E-state index is 0.495. The van der Waals surface area contributed by atoms with Gasteiger partial charge in [-0.1, -0.05) is 18.2 Å². The Morgan fingerprint density at radius 1 is 1.04 bits per heavy atom. The summed E-state index contributed by atoms with van der Waals surface area (Å²) in [6.07, 6.45) is 6.06. The van der Waals surface area contributed by atoms with Gasteiger partial charge in [0, 0.05) is 31.4 Å². The molecule has 2 aromatic heterocycles. The summed E-state index contributed by atoms with van der Waals surface area (Å²) in [5.41, 5.74) is 4.17. The first-order valence-electron chi connectivity index (χ1n) is 10.3. The normalized spacial score (nSPS) is 16.0. The molecule has 28 heavy (non-hydrogen) atoms. The molecule has 3 heterocycles. The van der Waals surface area contributed by atoms with Gasteiger partial charge in [0.2, 0.25) is 0 Å². The molecule has 1 saturated heterocycles. The number of nitrogens with zero attached hydrogens (tertiary/aromatic N) is 6. The van der Waals surface area contributed by atoms with Gasteiger partial charge >= 0.3 is 0 Å².